The van der Waals surface area contributed by atoms with Crippen molar-refractivity contribution in [1.29, 1.82) is 0 Å². The summed E-state index contributed by atoms with van der Waals surface area (Å²) in [6.45, 7) is 0. The summed E-state index contributed by atoms with van der Waals surface area (Å²) in [7, 11) is 0. The highest BCUT2D eigenvalue weighted by molar-refractivity contribution is 5.96. The topological polar surface area (TPSA) is 92.5 Å². The van der Waals surface area contributed by atoms with E-state index in [-0.39, 0.29) is 28.9 Å². The van der Waals surface area contributed by atoms with Crippen molar-refractivity contribution < 1.29 is 14.8 Å². The molecule has 1 saturated carbocycles. The first-order valence-electron chi connectivity index (χ1n) is 9.16. The lowest BCUT2D eigenvalue weighted by Crippen LogP contribution is -2.16. The highest BCUT2D eigenvalue weighted by Gasteiger charge is 2.52. The summed E-state index contributed by atoms with van der Waals surface area (Å²) < 4.78 is 0. The van der Waals surface area contributed by atoms with Crippen LogP contribution < -0.4 is 5.32 Å². The number of amides is 1. The number of rotatable bonds is 3. The van der Waals surface area contributed by atoms with Gasteiger partial charge in [-0.05, 0) is 56.4 Å². The van der Waals surface area contributed by atoms with Crippen LogP contribution in [-0.2, 0) is 4.79 Å². The normalized spacial score (nSPS) is 27.9. The molecule has 0 saturated heterocycles. The molecule has 1 amide bonds. The van der Waals surface area contributed by atoms with Gasteiger partial charge in [0.1, 0.15) is 5.75 Å². The van der Waals surface area contributed by atoms with Crippen molar-refractivity contribution in [2.24, 2.45) is 17.8 Å². The number of phenols is 1. The number of hydrogen-bond donors (Lipinski definition) is 2. The third-order valence-corrected chi connectivity index (χ3v) is 5.25. The van der Waals surface area contributed by atoms with E-state index in [0.29, 0.717) is 11.8 Å². The first kappa shape index (κ1) is 18.2. The first-order valence-corrected chi connectivity index (χ1v) is 9.16. The number of phenolic OH excluding ortho intramolecular Hbond substituents is 1. The number of aromatic hydroxyl groups is 1. The van der Waals surface area contributed by atoms with Gasteiger partial charge in [0.05, 0.1) is 16.7 Å². The lowest BCUT2D eigenvalue weighted by atomic mass is 10.1. The van der Waals surface area contributed by atoms with Gasteiger partial charge in [-0.2, -0.15) is 0 Å². The maximum Gasteiger partial charge on any atom is 0.273 e. The van der Waals surface area contributed by atoms with Gasteiger partial charge in [0.2, 0.25) is 5.91 Å². The summed E-state index contributed by atoms with van der Waals surface area (Å²) in [4.78, 5) is 22.8. The summed E-state index contributed by atoms with van der Waals surface area (Å²) in [6, 6.07) is 3.72. The third-order valence-electron chi connectivity index (χ3n) is 5.25. The van der Waals surface area contributed by atoms with E-state index < -0.39 is 4.92 Å². The maximum absolute atomic E-state index is 12.7. The highest BCUT2D eigenvalue weighted by atomic mass is 16.6. The largest absolute Gasteiger partial charge is 0.506 e. The van der Waals surface area contributed by atoms with Gasteiger partial charge in [-0.1, -0.05) is 24.3 Å². The summed E-state index contributed by atoms with van der Waals surface area (Å²) >= 11 is 0. The lowest BCUT2D eigenvalue weighted by Gasteiger charge is -2.07. The number of benzene rings is 1. The van der Waals surface area contributed by atoms with Gasteiger partial charge in [0.15, 0.2) is 0 Å². The molecule has 6 heteroatoms. The van der Waals surface area contributed by atoms with Crippen molar-refractivity contribution >= 4 is 17.3 Å². The fourth-order valence-electron chi connectivity index (χ4n) is 3.82. The van der Waals surface area contributed by atoms with Gasteiger partial charge in [-0.3, -0.25) is 14.9 Å². The fourth-order valence-corrected chi connectivity index (χ4v) is 3.82. The standard InChI is InChI=1S/C20H24N2O4/c23-18-13-14(22(25)26)11-12-17(18)21-20(24)19-15-9-7-5-3-1-2-4-6-8-10-16(15)19/h3-6,11-13,15-16,19,23H,1-2,7-10H2,(H,21,24)/b5-3-,6-4+/t15-,16-,19?/m1/s1. The molecule has 0 radical (unpaired) electrons. The first-order chi connectivity index (χ1) is 12.6. The van der Waals surface area contributed by atoms with E-state index in [1.165, 1.54) is 12.1 Å². The van der Waals surface area contributed by atoms with Crippen LogP contribution in [0.15, 0.2) is 42.5 Å². The van der Waals surface area contributed by atoms with Crippen LogP contribution in [0.1, 0.15) is 38.5 Å². The number of anilines is 1. The molecule has 0 aromatic heterocycles. The van der Waals surface area contributed by atoms with Gasteiger partial charge in [0.25, 0.3) is 5.69 Å². The molecule has 0 aliphatic heterocycles. The van der Waals surface area contributed by atoms with Crippen LogP contribution in [-0.4, -0.2) is 15.9 Å². The van der Waals surface area contributed by atoms with Gasteiger partial charge in [-0.15, -0.1) is 0 Å². The molecule has 26 heavy (non-hydrogen) atoms. The predicted molar refractivity (Wildman–Crippen MR) is 99.8 cm³/mol. The van der Waals surface area contributed by atoms with Crippen molar-refractivity contribution in [2.45, 2.75) is 38.5 Å². The number of fused-ring (bicyclic) bond motifs is 1. The number of non-ortho nitro benzene ring substituents is 1. The Labute approximate surface area is 152 Å². The second-order valence-corrected chi connectivity index (χ2v) is 6.98. The molecule has 3 atom stereocenters. The molecule has 1 fully saturated rings. The molecule has 2 aliphatic carbocycles. The Hall–Kier alpha value is -2.63. The number of allylic oxidation sites excluding steroid dienone is 4. The Morgan fingerprint density at radius 2 is 1.62 bits per heavy atom. The minimum atomic E-state index is -0.577. The van der Waals surface area contributed by atoms with Gasteiger partial charge < -0.3 is 10.4 Å². The number of nitro groups is 1. The Morgan fingerprint density at radius 3 is 2.15 bits per heavy atom. The molecule has 1 aromatic rings. The Balaban J connectivity index is 1.65. The van der Waals surface area contributed by atoms with E-state index >= 15 is 0 Å². The molecule has 0 heterocycles. The SMILES string of the molecule is O=C(Nc1ccc([N+](=O)[O-])cc1O)C1[C@@H]2CC/C=C\CC/C=C/CC[C@@H]12. The average Bonchev–Trinajstić information content (AvgIpc) is 3.29. The highest BCUT2D eigenvalue weighted by Crippen LogP contribution is 2.52. The van der Waals surface area contributed by atoms with Crippen molar-refractivity contribution in [2.75, 3.05) is 5.32 Å². The molecule has 2 N–H and O–H groups in total. The Bertz CT molecular complexity index is 717. The quantitative estimate of drug-likeness (QED) is 0.359. The molecule has 138 valence electrons. The number of nitrogens with zero attached hydrogens (tertiary/aromatic N) is 1. The molecule has 0 spiro atoms. The number of nitrogens with one attached hydrogen (secondary N) is 1. The van der Waals surface area contributed by atoms with Crippen LogP contribution in [0.3, 0.4) is 0 Å². The molecule has 1 aromatic carbocycles. The minimum absolute atomic E-state index is 0.0489. The molecule has 3 rings (SSSR count). The van der Waals surface area contributed by atoms with Gasteiger partial charge in [-0.25, -0.2) is 0 Å². The predicted octanol–water partition coefficient (Wildman–Crippen LogP) is 4.57. The van der Waals surface area contributed by atoms with Gasteiger partial charge in [0, 0.05) is 12.0 Å². The fraction of sp³-hybridized carbons (Fsp3) is 0.450. The van der Waals surface area contributed by atoms with E-state index in [1.807, 2.05) is 0 Å². The third kappa shape index (κ3) is 4.31. The van der Waals surface area contributed by atoms with E-state index in [2.05, 4.69) is 29.6 Å². The van der Waals surface area contributed by atoms with E-state index in [4.69, 9.17) is 0 Å². The second kappa shape index (κ2) is 8.17. The maximum atomic E-state index is 12.7. The average molecular weight is 356 g/mol. The van der Waals surface area contributed by atoms with E-state index in [0.717, 1.165) is 44.6 Å². The zero-order chi connectivity index (χ0) is 18.5. The van der Waals surface area contributed by atoms with Crippen LogP contribution in [0.5, 0.6) is 5.75 Å². The molecule has 1 unspecified atom stereocenters. The van der Waals surface area contributed by atoms with E-state index in [1.54, 1.807) is 0 Å². The smallest absolute Gasteiger partial charge is 0.273 e. The van der Waals surface area contributed by atoms with Crippen LogP contribution in [0.2, 0.25) is 0 Å². The molecule has 6 nitrogen and oxygen atoms in total. The molecule has 2 aliphatic rings. The van der Waals surface area contributed by atoms with Crippen LogP contribution >= 0.6 is 0 Å². The molecular formula is C20H24N2O4. The zero-order valence-electron chi connectivity index (χ0n) is 14.6. The molecule has 0 bridgehead atoms. The number of hydrogen-bond acceptors (Lipinski definition) is 4. The van der Waals surface area contributed by atoms with Gasteiger partial charge >= 0.3 is 0 Å². The number of carbonyl (C=O) groups is 1. The zero-order valence-corrected chi connectivity index (χ0v) is 14.6. The van der Waals surface area contributed by atoms with Crippen molar-refractivity contribution in [3.8, 4) is 5.75 Å². The second-order valence-electron chi connectivity index (χ2n) is 6.98. The Kier molecular flexibility index (Phi) is 5.71. The monoisotopic (exact) mass is 356 g/mol. The van der Waals surface area contributed by atoms with Crippen molar-refractivity contribution in [3.63, 3.8) is 0 Å². The van der Waals surface area contributed by atoms with Crippen molar-refractivity contribution in [3.05, 3.63) is 52.6 Å². The van der Waals surface area contributed by atoms with Crippen LogP contribution in [0, 0.1) is 27.9 Å². The van der Waals surface area contributed by atoms with Crippen molar-refractivity contribution in [1.82, 2.24) is 0 Å². The molecular weight excluding hydrogens is 332 g/mol. The summed E-state index contributed by atoms with van der Waals surface area (Å²) in [5.41, 5.74) is 0.0227. The summed E-state index contributed by atoms with van der Waals surface area (Å²) in [6.07, 6.45) is 14.9. The Morgan fingerprint density at radius 1 is 1.04 bits per heavy atom. The summed E-state index contributed by atoms with van der Waals surface area (Å²) in [5.74, 6) is 0.303. The minimum Gasteiger partial charge on any atom is -0.506 e. The van der Waals surface area contributed by atoms with E-state index in [9.17, 15) is 20.0 Å². The lowest BCUT2D eigenvalue weighted by molar-refractivity contribution is -0.384. The summed E-state index contributed by atoms with van der Waals surface area (Å²) in [5, 5.41) is 23.4. The van der Waals surface area contributed by atoms with Crippen LogP contribution in [0.4, 0.5) is 11.4 Å². The van der Waals surface area contributed by atoms with Crippen LogP contribution in [0.25, 0.3) is 0 Å². The number of nitro benzene ring substituents is 1. The number of carbonyl (C=O) groups excluding carboxylic acids is 1.